The Hall–Kier alpha value is -5.51. The highest BCUT2D eigenvalue weighted by Crippen LogP contribution is 2.44. The van der Waals surface area contributed by atoms with Crippen LogP contribution in [0.25, 0.3) is 27.7 Å². The van der Waals surface area contributed by atoms with E-state index in [1.165, 1.54) is 34.8 Å². The normalized spacial score (nSPS) is 12.8. The second kappa shape index (κ2) is 11.1. The Morgan fingerprint density at radius 1 is 1.00 bits per heavy atom. The number of benzene rings is 4. The standard InChI is InChI=1S/C33H28N4O6/c1-20(35(2)33(39)43-19-29-26-10-6-4-8-24(26)25-9-5-7-11-27(25)29)31-34-30-17-14-22(37(40)41)18-28(30)32(38)36(31)21-12-15-23(42-3)16-13-21/h4-18,20,29H,19H2,1-3H3/t20-/m1/s1. The van der Waals surface area contributed by atoms with Gasteiger partial charge in [-0.05, 0) is 59.5 Å². The molecular weight excluding hydrogens is 548 g/mol. The lowest BCUT2D eigenvalue weighted by Crippen LogP contribution is -2.35. The zero-order chi connectivity index (χ0) is 30.2. The van der Waals surface area contributed by atoms with Gasteiger partial charge in [-0.3, -0.25) is 19.5 Å². The number of nitro benzene ring substituents is 1. The van der Waals surface area contributed by atoms with Gasteiger partial charge >= 0.3 is 6.09 Å². The van der Waals surface area contributed by atoms with Gasteiger partial charge in [0, 0.05) is 25.1 Å². The lowest BCUT2D eigenvalue weighted by atomic mass is 9.98. The second-order valence-electron chi connectivity index (χ2n) is 10.4. The van der Waals surface area contributed by atoms with Crippen LogP contribution in [0.15, 0.2) is 95.8 Å². The highest BCUT2D eigenvalue weighted by Gasteiger charge is 2.31. The molecule has 1 atom stereocenters. The Labute approximate surface area is 246 Å². The summed E-state index contributed by atoms with van der Waals surface area (Å²) in [5.74, 6) is 0.756. The van der Waals surface area contributed by atoms with E-state index in [0.717, 1.165) is 22.3 Å². The average Bonchev–Trinajstić information content (AvgIpc) is 3.36. The number of hydrogen-bond donors (Lipinski definition) is 0. The Morgan fingerprint density at radius 3 is 2.23 bits per heavy atom. The molecule has 0 N–H and O–H groups in total. The zero-order valence-corrected chi connectivity index (χ0v) is 23.8. The van der Waals surface area contributed by atoms with Gasteiger partial charge < -0.3 is 14.4 Å². The number of hydrogen-bond acceptors (Lipinski definition) is 7. The first-order valence-electron chi connectivity index (χ1n) is 13.7. The van der Waals surface area contributed by atoms with Crippen molar-refractivity contribution in [2.24, 2.45) is 0 Å². The molecule has 0 saturated carbocycles. The first-order chi connectivity index (χ1) is 20.8. The smallest absolute Gasteiger partial charge is 0.410 e. The number of ether oxygens (including phenoxy) is 2. The molecule has 4 aromatic carbocycles. The maximum atomic E-state index is 13.8. The first kappa shape index (κ1) is 27.6. The van der Waals surface area contributed by atoms with Crippen molar-refractivity contribution in [2.75, 3.05) is 20.8 Å². The zero-order valence-electron chi connectivity index (χ0n) is 23.8. The number of nitrogens with zero attached hydrogens (tertiary/aromatic N) is 4. The number of carbonyl (C=O) groups is 1. The third-order valence-electron chi connectivity index (χ3n) is 8.00. The molecule has 10 nitrogen and oxygen atoms in total. The summed E-state index contributed by atoms with van der Waals surface area (Å²) in [6.07, 6.45) is -0.575. The minimum Gasteiger partial charge on any atom is -0.497 e. The van der Waals surface area contributed by atoms with Crippen molar-refractivity contribution in [1.82, 2.24) is 14.5 Å². The summed E-state index contributed by atoms with van der Waals surface area (Å²) in [4.78, 5) is 44.2. The molecule has 1 aromatic heterocycles. The van der Waals surface area contributed by atoms with Gasteiger partial charge in [0.05, 0.1) is 34.7 Å². The van der Waals surface area contributed by atoms with Crippen LogP contribution in [0.1, 0.15) is 35.8 Å². The van der Waals surface area contributed by atoms with Crippen molar-refractivity contribution < 1.29 is 19.2 Å². The van der Waals surface area contributed by atoms with E-state index >= 15 is 0 Å². The Bertz CT molecular complexity index is 1890. The lowest BCUT2D eigenvalue weighted by molar-refractivity contribution is -0.384. The van der Waals surface area contributed by atoms with Crippen molar-refractivity contribution in [3.63, 3.8) is 0 Å². The molecule has 5 aromatic rings. The van der Waals surface area contributed by atoms with Gasteiger partial charge in [0.25, 0.3) is 11.2 Å². The fourth-order valence-corrected chi connectivity index (χ4v) is 5.59. The average molecular weight is 577 g/mol. The van der Waals surface area contributed by atoms with Gasteiger partial charge in [-0.1, -0.05) is 48.5 Å². The van der Waals surface area contributed by atoms with E-state index in [-0.39, 0.29) is 34.9 Å². The predicted octanol–water partition coefficient (Wildman–Crippen LogP) is 6.24. The quantitative estimate of drug-likeness (QED) is 0.166. The van der Waals surface area contributed by atoms with Crippen LogP contribution in [0, 0.1) is 10.1 Å². The van der Waals surface area contributed by atoms with Crippen LogP contribution in [0.3, 0.4) is 0 Å². The maximum Gasteiger partial charge on any atom is 0.410 e. The van der Waals surface area contributed by atoms with E-state index in [0.29, 0.717) is 11.4 Å². The minimum atomic E-state index is -0.704. The third kappa shape index (κ3) is 4.86. The van der Waals surface area contributed by atoms with E-state index in [1.54, 1.807) is 38.2 Å². The van der Waals surface area contributed by atoms with Crippen molar-refractivity contribution in [3.05, 3.63) is 128 Å². The molecule has 0 unspecified atom stereocenters. The molecule has 1 amide bonds. The first-order valence-corrected chi connectivity index (χ1v) is 13.7. The van der Waals surface area contributed by atoms with Crippen molar-refractivity contribution in [3.8, 4) is 22.6 Å². The molecule has 1 heterocycles. The highest BCUT2D eigenvalue weighted by atomic mass is 16.6. The summed E-state index contributed by atoms with van der Waals surface area (Å²) < 4.78 is 12.5. The number of fused-ring (bicyclic) bond motifs is 4. The number of amides is 1. The van der Waals surface area contributed by atoms with Gasteiger partial charge in [-0.15, -0.1) is 0 Å². The van der Waals surface area contributed by atoms with E-state index in [2.05, 4.69) is 24.3 Å². The monoisotopic (exact) mass is 576 g/mol. The molecule has 43 heavy (non-hydrogen) atoms. The number of rotatable bonds is 7. The van der Waals surface area contributed by atoms with Crippen LogP contribution in [0.2, 0.25) is 0 Å². The van der Waals surface area contributed by atoms with Gasteiger partial charge in [0.1, 0.15) is 18.2 Å². The third-order valence-corrected chi connectivity index (χ3v) is 8.00. The fraction of sp³-hybridized carbons (Fsp3) is 0.182. The number of carbonyl (C=O) groups excluding carboxylic acids is 1. The van der Waals surface area contributed by atoms with E-state index in [4.69, 9.17) is 14.5 Å². The maximum absolute atomic E-state index is 13.8. The molecule has 1 aliphatic rings. The van der Waals surface area contributed by atoms with Gasteiger partial charge in [0.2, 0.25) is 0 Å². The van der Waals surface area contributed by atoms with Crippen LogP contribution < -0.4 is 10.3 Å². The number of methoxy groups -OCH3 is 1. The topological polar surface area (TPSA) is 117 Å². The SMILES string of the molecule is COc1ccc(-n2c([C@@H](C)N(C)C(=O)OCC3c4ccccc4-c4ccccc43)nc3ccc([N+](=O)[O-])cc3c2=O)cc1. The Balaban J connectivity index is 1.33. The van der Waals surface area contributed by atoms with E-state index < -0.39 is 22.6 Å². The van der Waals surface area contributed by atoms with Gasteiger partial charge in [0.15, 0.2) is 0 Å². The van der Waals surface area contributed by atoms with Crippen molar-refractivity contribution >= 4 is 22.7 Å². The molecule has 216 valence electrons. The van der Waals surface area contributed by atoms with Crippen LogP contribution in [-0.4, -0.2) is 46.2 Å². The molecule has 10 heteroatoms. The molecule has 0 fully saturated rings. The number of non-ortho nitro benzene ring substituents is 1. The molecule has 0 saturated heterocycles. The summed E-state index contributed by atoms with van der Waals surface area (Å²) in [5, 5.41) is 11.5. The summed E-state index contributed by atoms with van der Waals surface area (Å²) in [6, 6.07) is 26.2. The molecule has 0 bridgehead atoms. The van der Waals surface area contributed by atoms with Crippen molar-refractivity contribution in [2.45, 2.75) is 18.9 Å². The summed E-state index contributed by atoms with van der Waals surface area (Å²) in [5.41, 5.74) is 4.50. The van der Waals surface area contributed by atoms with Crippen molar-refractivity contribution in [1.29, 1.82) is 0 Å². The Kier molecular flexibility index (Phi) is 7.11. The van der Waals surface area contributed by atoms with Crippen LogP contribution >= 0.6 is 0 Å². The largest absolute Gasteiger partial charge is 0.497 e. The lowest BCUT2D eigenvalue weighted by Gasteiger charge is -2.27. The molecular formula is C33H28N4O6. The predicted molar refractivity (Wildman–Crippen MR) is 162 cm³/mol. The highest BCUT2D eigenvalue weighted by molar-refractivity contribution is 5.81. The van der Waals surface area contributed by atoms with Crippen LogP contribution in [0.4, 0.5) is 10.5 Å². The second-order valence-corrected chi connectivity index (χ2v) is 10.4. The van der Waals surface area contributed by atoms with Gasteiger partial charge in [-0.25, -0.2) is 9.78 Å². The molecule has 6 rings (SSSR count). The van der Waals surface area contributed by atoms with E-state index in [1.807, 2.05) is 24.3 Å². The number of aromatic nitrogens is 2. The molecule has 0 aliphatic heterocycles. The van der Waals surface area contributed by atoms with Crippen LogP contribution in [0.5, 0.6) is 5.75 Å². The molecule has 1 aliphatic carbocycles. The Morgan fingerprint density at radius 2 is 1.63 bits per heavy atom. The fourth-order valence-electron chi connectivity index (χ4n) is 5.59. The summed E-state index contributed by atoms with van der Waals surface area (Å²) in [7, 11) is 3.13. The van der Waals surface area contributed by atoms with Crippen LogP contribution in [-0.2, 0) is 4.74 Å². The van der Waals surface area contributed by atoms with Gasteiger partial charge in [-0.2, -0.15) is 0 Å². The summed E-state index contributed by atoms with van der Waals surface area (Å²) in [6.45, 7) is 1.89. The molecule has 0 radical (unpaired) electrons. The molecule has 0 spiro atoms. The minimum absolute atomic E-state index is 0.0877. The summed E-state index contributed by atoms with van der Waals surface area (Å²) >= 11 is 0. The number of nitro groups is 1. The van der Waals surface area contributed by atoms with E-state index in [9.17, 15) is 19.7 Å².